The van der Waals surface area contributed by atoms with E-state index in [9.17, 15) is 14.4 Å². The summed E-state index contributed by atoms with van der Waals surface area (Å²) in [6.45, 7) is 1.24. The lowest BCUT2D eigenvalue weighted by Gasteiger charge is -2.39. The summed E-state index contributed by atoms with van der Waals surface area (Å²) in [6.07, 6.45) is -0.775. The zero-order valence-electron chi connectivity index (χ0n) is 41.2. The Balaban J connectivity index is 1.02. The molecule has 0 saturated heterocycles. The predicted octanol–water partition coefficient (Wildman–Crippen LogP) is 11.5. The van der Waals surface area contributed by atoms with E-state index in [1.54, 1.807) is 6.92 Å². The van der Waals surface area contributed by atoms with E-state index in [4.69, 9.17) is 9.47 Å². The van der Waals surface area contributed by atoms with Crippen LogP contribution in [0.25, 0.3) is 11.1 Å². The lowest BCUT2D eigenvalue weighted by Crippen LogP contribution is -2.61. The first-order chi connectivity index (χ1) is 36.2. The van der Waals surface area contributed by atoms with Crippen LogP contribution >= 0.6 is 23.5 Å². The number of amides is 3. The Kier molecular flexibility index (Phi) is 16.1. The van der Waals surface area contributed by atoms with E-state index in [2.05, 4.69) is 101 Å². The lowest BCUT2D eigenvalue weighted by atomic mass is 9.84. The van der Waals surface area contributed by atoms with Gasteiger partial charge in [-0.25, -0.2) is 9.59 Å². The Morgan fingerprint density at radius 1 is 0.514 bits per heavy atom. The Morgan fingerprint density at radius 2 is 0.878 bits per heavy atom. The van der Waals surface area contributed by atoms with Crippen LogP contribution < -0.4 is 16.0 Å². The second-order valence-electron chi connectivity index (χ2n) is 18.3. The molecule has 0 saturated carbocycles. The van der Waals surface area contributed by atoms with Gasteiger partial charge in [-0.05, 0) is 62.6 Å². The molecule has 1 aliphatic rings. The number of ether oxygens (including phenoxy) is 2. The van der Waals surface area contributed by atoms with Crippen molar-refractivity contribution in [3.8, 4) is 11.1 Å². The maximum Gasteiger partial charge on any atom is 0.407 e. The van der Waals surface area contributed by atoms with E-state index in [0.717, 1.165) is 55.6 Å². The van der Waals surface area contributed by atoms with E-state index >= 15 is 4.79 Å². The monoisotopic (exact) mass is 1020 g/mol. The molecule has 0 aromatic heterocycles. The average Bonchev–Trinajstić information content (AvgIpc) is 3.78. The maximum atomic E-state index is 15.3. The van der Waals surface area contributed by atoms with E-state index < -0.39 is 51.5 Å². The quantitative estimate of drug-likeness (QED) is 0.0510. The number of nitrogens with one attached hydrogen (secondary N) is 3. The van der Waals surface area contributed by atoms with Crippen molar-refractivity contribution in [3.05, 3.63) is 275 Å². The number of hydrogen-bond donors (Lipinski definition) is 3. The molecule has 3 N–H and O–H groups in total. The second-order valence-corrected chi connectivity index (χ2v) is 20.7. The molecule has 0 unspecified atom stereocenters. The normalized spacial score (nSPS) is 13.3. The lowest BCUT2D eigenvalue weighted by molar-refractivity contribution is -0.149. The van der Waals surface area contributed by atoms with Crippen molar-refractivity contribution in [2.24, 2.45) is 0 Å². The van der Waals surface area contributed by atoms with Crippen LogP contribution in [0.5, 0.6) is 0 Å². The SMILES string of the molecule is COC(=O)[C@](C)(CSC(c1ccccc1)(c1ccccc1)c1ccccc1)NC(=O)[C@H](CSC(c1ccccc1)(c1ccccc1)c1ccccc1)NC(=O)CNC(=O)OCC1c2ccccc2-c2ccccc21. The van der Waals surface area contributed by atoms with E-state index in [1.165, 1.54) is 30.6 Å². The minimum atomic E-state index is -1.62. The van der Waals surface area contributed by atoms with Crippen molar-refractivity contribution in [3.63, 3.8) is 0 Å². The summed E-state index contributed by atoms with van der Waals surface area (Å²) < 4.78 is 9.56. The molecular formula is C63H57N3O6S2. The Morgan fingerprint density at radius 3 is 1.27 bits per heavy atom. The van der Waals surface area contributed by atoms with Crippen LogP contribution in [0.2, 0.25) is 0 Å². The molecule has 0 spiro atoms. The highest BCUT2D eigenvalue weighted by molar-refractivity contribution is 8.01. The molecule has 9 rings (SSSR count). The van der Waals surface area contributed by atoms with Crippen LogP contribution in [0.3, 0.4) is 0 Å². The molecule has 8 aromatic rings. The first-order valence-electron chi connectivity index (χ1n) is 24.6. The predicted molar refractivity (Wildman–Crippen MR) is 297 cm³/mol. The zero-order chi connectivity index (χ0) is 51.4. The number of carbonyl (C=O) groups is 4. The number of benzene rings is 8. The first kappa shape index (κ1) is 51.1. The molecule has 3 amide bonds. The van der Waals surface area contributed by atoms with Crippen molar-refractivity contribution in [2.75, 3.05) is 31.8 Å². The molecule has 1 aliphatic carbocycles. The zero-order valence-corrected chi connectivity index (χ0v) is 42.8. The van der Waals surface area contributed by atoms with Gasteiger partial charge in [0.15, 0.2) is 0 Å². The molecule has 2 atom stereocenters. The standard InChI is InChI=1S/C63H57N3O6S2/c1-61(59(69)71-2,44-74-63(48-31-15-6-16-32-48,49-33-17-7-18-34-49)50-35-19-8-20-36-50)66-58(68)56(43-73-62(45-25-9-3-10-26-45,46-27-11-4-12-28-46)47-29-13-5-14-30-47)65-57(67)41-64-60(70)72-42-55-53-39-23-21-37-51(53)52-38-22-24-40-54(52)55/h3-40,55-56H,41-44H2,1-2H3,(H,64,70)(H,65,67)(H,66,68)/t56-,61-/m0/s1. The molecule has 0 radical (unpaired) electrons. The Bertz CT molecular complexity index is 2930. The number of rotatable bonds is 20. The average molecular weight is 1020 g/mol. The van der Waals surface area contributed by atoms with Crippen molar-refractivity contribution < 1.29 is 28.7 Å². The molecular weight excluding hydrogens is 959 g/mol. The van der Waals surface area contributed by atoms with E-state index in [-0.39, 0.29) is 24.0 Å². The molecule has 11 heteroatoms. The highest BCUT2D eigenvalue weighted by atomic mass is 32.2. The van der Waals surface area contributed by atoms with Crippen molar-refractivity contribution in [1.29, 1.82) is 0 Å². The molecule has 372 valence electrons. The van der Waals surface area contributed by atoms with Crippen LogP contribution in [0.4, 0.5) is 4.79 Å². The summed E-state index contributed by atoms with van der Waals surface area (Å²) in [6, 6.07) is 75.3. The molecule has 74 heavy (non-hydrogen) atoms. The third-order valence-corrected chi connectivity index (χ3v) is 17.1. The van der Waals surface area contributed by atoms with Gasteiger partial charge in [0.2, 0.25) is 11.8 Å². The van der Waals surface area contributed by atoms with Gasteiger partial charge in [0.25, 0.3) is 0 Å². The van der Waals surface area contributed by atoms with E-state index in [0.29, 0.717) is 0 Å². The number of methoxy groups -OCH3 is 1. The summed E-state index contributed by atoms with van der Waals surface area (Å²) in [5.74, 6) is -1.99. The van der Waals surface area contributed by atoms with Gasteiger partial charge in [-0.3, -0.25) is 9.59 Å². The first-order valence-corrected chi connectivity index (χ1v) is 26.5. The number of thioether (sulfide) groups is 2. The summed E-state index contributed by atoms with van der Waals surface area (Å²) in [5.41, 5.74) is 8.50. The summed E-state index contributed by atoms with van der Waals surface area (Å²) >= 11 is 2.99. The maximum absolute atomic E-state index is 15.3. The van der Waals surface area contributed by atoms with Gasteiger partial charge in [0, 0.05) is 17.4 Å². The number of carbonyl (C=O) groups excluding carboxylic acids is 4. The van der Waals surface area contributed by atoms with Crippen LogP contribution in [-0.2, 0) is 33.4 Å². The van der Waals surface area contributed by atoms with Crippen molar-refractivity contribution >= 4 is 47.4 Å². The fourth-order valence-electron chi connectivity index (χ4n) is 9.96. The smallest absolute Gasteiger partial charge is 0.407 e. The summed E-state index contributed by atoms with van der Waals surface area (Å²) in [5, 5.41) is 8.66. The van der Waals surface area contributed by atoms with Crippen LogP contribution in [-0.4, -0.2) is 67.2 Å². The highest BCUT2D eigenvalue weighted by Gasteiger charge is 2.45. The van der Waals surface area contributed by atoms with Gasteiger partial charge < -0.3 is 25.4 Å². The van der Waals surface area contributed by atoms with Gasteiger partial charge in [-0.2, -0.15) is 0 Å². The number of alkyl carbamates (subject to hydrolysis) is 1. The van der Waals surface area contributed by atoms with E-state index in [1.807, 2.05) is 146 Å². The topological polar surface area (TPSA) is 123 Å². The van der Waals surface area contributed by atoms with Crippen molar-refractivity contribution in [2.45, 2.75) is 33.9 Å². The van der Waals surface area contributed by atoms with Gasteiger partial charge in [-0.1, -0.05) is 231 Å². The number of fused-ring (bicyclic) bond motifs is 3. The summed E-state index contributed by atoms with van der Waals surface area (Å²) in [7, 11) is 1.30. The van der Waals surface area contributed by atoms with Crippen LogP contribution in [0.1, 0.15) is 57.3 Å². The molecule has 0 fully saturated rings. The van der Waals surface area contributed by atoms with Gasteiger partial charge in [-0.15, -0.1) is 23.5 Å². The highest BCUT2D eigenvalue weighted by Crippen LogP contribution is 2.51. The largest absolute Gasteiger partial charge is 0.467 e. The molecule has 0 aliphatic heterocycles. The van der Waals surface area contributed by atoms with Gasteiger partial charge in [0.05, 0.1) is 16.6 Å². The number of hydrogen-bond acceptors (Lipinski definition) is 8. The third-order valence-electron chi connectivity index (χ3n) is 13.5. The summed E-state index contributed by atoms with van der Waals surface area (Å²) in [4.78, 5) is 57.2. The molecule has 9 nitrogen and oxygen atoms in total. The second kappa shape index (κ2) is 23.3. The number of esters is 1. The van der Waals surface area contributed by atoms with Gasteiger partial charge in [0.1, 0.15) is 24.7 Å². The third kappa shape index (κ3) is 10.8. The fourth-order valence-corrected chi connectivity index (χ4v) is 13.1. The minimum Gasteiger partial charge on any atom is -0.467 e. The Hall–Kier alpha value is -7.86. The van der Waals surface area contributed by atoms with Crippen LogP contribution in [0, 0.1) is 0 Å². The van der Waals surface area contributed by atoms with Crippen LogP contribution in [0.15, 0.2) is 231 Å². The fraction of sp³-hybridized carbons (Fsp3) is 0.175. The molecule has 8 aromatic carbocycles. The Labute approximate surface area is 441 Å². The molecule has 0 heterocycles. The van der Waals surface area contributed by atoms with Crippen molar-refractivity contribution in [1.82, 2.24) is 16.0 Å². The molecule has 0 bridgehead atoms. The van der Waals surface area contributed by atoms with Gasteiger partial charge >= 0.3 is 12.1 Å². The minimum absolute atomic E-state index is 0.0353.